The van der Waals surface area contributed by atoms with Gasteiger partial charge in [-0.1, -0.05) is 30.3 Å². The molecular formula is C18H14N4O. The predicted molar refractivity (Wildman–Crippen MR) is 85.4 cm³/mol. The van der Waals surface area contributed by atoms with Gasteiger partial charge in [0.2, 0.25) is 0 Å². The number of ether oxygens (including phenoxy) is 1. The van der Waals surface area contributed by atoms with E-state index in [4.69, 9.17) is 10.00 Å². The van der Waals surface area contributed by atoms with Crippen molar-refractivity contribution in [1.29, 1.82) is 5.26 Å². The molecule has 0 aliphatic carbocycles. The van der Waals surface area contributed by atoms with Crippen molar-refractivity contribution in [1.82, 2.24) is 15.0 Å². The second kappa shape index (κ2) is 7.14. The highest BCUT2D eigenvalue weighted by atomic mass is 16.5. The van der Waals surface area contributed by atoms with Gasteiger partial charge in [0.05, 0.1) is 23.9 Å². The van der Waals surface area contributed by atoms with Crippen LogP contribution in [0.1, 0.15) is 11.3 Å². The molecule has 1 aromatic carbocycles. The Labute approximate surface area is 134 Å². The fraction of sp³-hybridized carbons (Fsp3) is 0.111. The third-order valence-electron chi connectivity index (χ3n) is 3.23. The highest BCUT2D eigenvalue weighted by molar-refractivity contribution is 5.58. The molecule has 5 nitrogen and oxygen atoms in total. The van der Waals surface area contributed by atoms with Crippen molar-refractivity contribution in [2.75, 3.05) is 0 Å². The minimum absolute atomic E-state index is 0.248. The van der Waals surface area contributed by atoms with Crippen LogP contribution in [0.4, 0.5) is 0 Å². The standard InChI is InChI=1S/C18H14N4O/c19-10-8-16-9-12-21-18(22-16)23-13-14-4-6-15(7-5-14)17-3-1-2-11-20-17/h1-7,9,11-12H,8,13H2. The number of hydrogen-bond donors (Lipinski definition) is 0. The molecule has 2 aromatic heterocycles. The Morgan fingerprint density at radius 1 is 0.957 bits per heavy atom. The topological polar surface area (TPSA) is 71.7 Å². The van der Waals surface area contributed by atoms with Crippen LogP contribution < -0.4 is 4.74 Å². The van der Waals surface area contributed by atoms with E-state index in [0.717, 1.165) is 16.8 Å². The first-order chi connectivity index (χ1) is 11.3. The Kier molecular flexibility index (Phi) is 4.55. The second-order valence-corrected chi connectivity index (χ2v) is 4.87. The zero-order valence-electron chi connectivity index (χ0n) is 12.4. The van der Waals surface area contributed by atoms with Crippen LogP contribution in [0.15, 0.2) is 60.9 Å². The maximum absolute atomic E-state index is 8.68. The van der Waals surface area contributed by atoms with Crippen LogP contribution >= 0.6 is 0 Å². The lowest BCUT2D eigenvalue weighted by Crippen LogP contribution is -2.01. The zero-order chi connectivity index (χ0) is 15.9. The van der Waals surface area contributed by atoms with Gasteiger partial charge in [-0.2, -0.15) is 10.2 Å². The van der Waals surface area contributed by atoms with Crippen molar-refractivity contribution in [3.8, 4) is 23.3 Å². The van der Waals surface area contributed by atoms with Crippen molar-refractivity contribution >= 4 is 0 Å². The average molecular weight is 302 g/mol. The molecule has 0 spiro atoms. The van der Waals surface area contributed by atoms with Gasteiger partial charge in [-0.15, -0.1) is 0 Å². The van der Waals surface area contributed by atoms with E-state index in [-0.39, 0.29) is 12.4 Å². The smallest absolute Gasteiger partial charge is 0.316 e. The van der Waals surface area contributed by atoms with Crippen LogP contribution in [0, 0.1) is 11.3 Å². The van der Waals surface area contributed by atoms with Crippen LogP contribution in [-0.4, -0.2) is 15.0 Å². The first kappa shape index (κ1) is 14.7. The lowest BCUT2D eigenvalue weighted by atomic mass is 10.1. The fourth-order valence-corrected chi connectivity index (χ4v) is 2.08. The van der Waals surface area contributed by atoms with Crippen LogP contribution in [0.2, 0.25) is 0 Å². The molecule has 0 N–H and O–H groups in total. The van der Waals surface area contributed by atoms with Gasteiger partial charge < -0.3 is 4.74 Å². The van der Waals surface area contributed by atoms with Gasteiger partial charge in [-0.05, 0) is 23.8 Å². The van der Waals surface area contributed by atoms with E-state index in [1.54, 1.807) is 18.5 Å². The molecule has 0 saturated heterocycles. The summed E-state index contributed by atoms with van der Waals surface area (Å²) in [7, 11) is 0. The number of aromatic nitrogens is 3. The van der Waals surface area contributed by atoms with Gasteiger partial charge in [-0.3, -0.25) is 4.98 Å². The molecule has 23 heavy (non-hydrogen) atoms. The molecule has 0 radical (unpaired) electrons. The van der Waals surface area contributed by atoms with E-state index >= 15 is 0 Å². The Morgan fingerprint density at radius 2 is 1.83 bits per heavy atom. The molecule has 0 bridgehead atoms. The molecule has 0 saturated carbocycles. The number of nitrogens with zero attached hydrogens (tertiary/aromatic N) is 4. The van der Waals surface area contributed by atoms with E-state index in [2.05, 4.69) is 21.0 Å². The summed E-state index contributed by atoms with van der Waals surface area (Å²) in [6, 6.07) is 17.9. The molecule has 0 fully saturated rings. The van der Waals surface area contributed by atoms with Gasteiger partial charge in [0.25, 0.3) is 0 Å². The van der Waals surface area contributed by atoms with Gasteiger partial charge in [0.15, 0.2) is 0 Å². The van der Waals surface area contributed by atoms with Crippen molar-refractivity contribution < 1.29 is 4.74 Å². The number of hydrogen-bond acceptors (Lipinski definition) is 5. The quantitative estimate of drug-likeness (QED) is 0.723. The Bertz CT molecular complexity index is 810. The Hall–Kier alpha value is -3.26. The number of nitriles is 1. The van der Waals surface area contributed by atoms with Crippen LogP contribution in [0.3, 0.4) is 0 Å². The van der Waals surface area contributed by atoms with E-state index in [1.165, 1.54) is 0 Å². The first-order valence-electron chi connectivity index (χ1n) is 7.17. The molecule has 0 amide bonds. The second-order valence-electron chi connectivity index (χ2n) is 4.87. The van der Waals surface area contributed by atoms with Crippen molar-refractivity contribution in [2.45, 2.75) is 13.0 Å². The lowest BCUT2D eigenvalue weighted by molar-refractivity contribution is 0.280. The van der Waals surface area contributed by atoms with Crippen LogP contribution in [-0.2, 0) is 13.0 Å². The lowest BCUT2D eigenvalue weighted by Gasteiger charge is -2.06. The van der Waals surface area contributed by atoms with Gasteiger partial charge >= 0.3 is 6.01 Å². The Balaban J connectivity index is 1.65. The summed E-state index contributed by atoms with van der Waals surface area (Å²) < 4.78 is 5.58. The fourth-order valence-electron chi connectivity index (χ4n) is 2.08. The summed E-state index contributed by atoms with van der Waals surface area (Å²) in [5.74, 6) is 0. The van der Waals surface area contributed by atoms with Crippen LogP contribution in [0.5, 0.6) is 6.01 Å². The van der Waals surface area contributed by atoms with Crippen molar-refractivity contribution in [2.24, 2.45) is 0 Å². The predicted octanol–water partition coefficient (Wildman–Crippen LogP) is 3.18. The van der Waals surface area contributed by atoms with Gasteiger partial charge in [-0.25, -0.2) is 4.98 Å². The third kappa shape index (κ3) is 3.89. The summed E-state index contributed by atoms with van der Waals surface area (Å²) in [4.78, 5) is 12.5. The van der Waals surface area contributed by atoms with E-state index in [1.807, 2.05) is 42.5 Å². The van der Waals surface area contributed by atoms with Crippen LogP contribution in [0.25, 0.3) is 11.3 Å². The van der Waals surface area contributed by atoms with Gasteiger partial charge in [0, 0.05) is 18.0 Å². The number of pyridine rings is 1. The monoisotopic (exact) mass is 302 g/mol. The van der Waals surface area contributed by atoms with Crippen molar-refractivity contribution in [3.63, 3.8) is 0 Å². The summed E-state index contributed by atoms with van der Waals surface area (Å²) in [6.45, 7) is 0.374. The normalized spacial score (nSPS) is 10.0. The molecule has 0 aliphatic heterocycles. The molecule has 5 heteroatoms. The molecule has 0 unspecified atom stereocenters. The number of rotatable bonds is 5. The molecule has 3 aromatic rings. The maximum atomic E-state index is 8.68. The molecule has 2 heterocycles. The SMILES string of the molecule is N#CCc1ccnc(OCc2ccc(-c3ccccn3)cc2)n1. The average Bonchev–Trinajstić information content (AvgIpc) is 2.62. The molecule has 3 rings (SSSR count). The van der Waals surface area contributed by atoms with E-state index in [0.29, 0.717) is 12.3 Å². The van der Waals surface area contributed by atoms with Gasteiger partial charge in [0.1, 0.15) is 6.61 Å². The third-order valence-corrected chi connectivity index (χ3v) is 3.23. The molecule has 112 valence electrons. The minimum atomic E-state index is 0.248. The summed E-state index contributed by atoms with van der Waals surface area (Å²) in [6.07, 6.45) is 3.62. The minimum Gasteiger partial charge on any atom is -0.459 e. The molecule has 0 atom stereocenters. The summed E-state index contributed by atoms with van der Waals surface area (Å²) in [5.41, 5.74) is 3.66. The number of benzene rings is 1. The Morgan fingerprint density at radius 3 is 2.57 bits per heavy atom. The molecule has 0 aliphatic rings. The highest BCUT2D eigenvalue weighted by Crippen LogP contribution is 2.17. The summed E-state index contributed by atoms with van der Waals surface area (Å²) >= 11 is 0. The maximum Gasteiger partial charge on any atom is 0.316 e. The van der Waals surface area contributed by atoms with E-state index < -0.39 is 0 Å². The van der Waals surface area contributed by atoms with E-state index in [9.17, 15) is 0 Å². The first-order valence-corrected chi connectivity index (χ1v) is 7.17. The zero-order valence-corrected chi connectivity index (χ0v) is 12.4. The van der Waals surface area contributed by atoms with Crippen molar-refractivity contribution in [3.05, 3.63) is 72.2 Å². The largest absolute Gasteiger partial charge is 0.459 e. The molecular weight excluding hydrogens is 288 g/mol. The highest BCUT2D eigenvalue weighted by Gasteiger charge is 2.02. The summed E-state index contributed by atoms with van der Waals surface area (Å²) in [5, 5.41) is 8.68.